The molecule has 160 valence electrons. The van der Waals surface area contributed by atoms with E-state index >= 15 is 0 Å². The minimum Gasteiger partial charge on any atom is -0.378 e. The van der Waals surface area contributed by atoms with Crippen molar-refractivity contribution in [2.45, 2.75) is 44.8 Å². The van der Waals surface area contributed by atoms with Crippen LogP contribution >= 0.6 is 11.6 Å². The fourth-order valence-electron chi connectivity index (χ4n) is 3.97. The number of morpholine rings is 1. The highest BCUT2D eigenvalue weighted by Gasteiger charge is 2.33. The number of hydrogen-bond donors (Lipinski definition) is 0. The second-order valence-electron chi connectivity index (χ2n) is 8.70. The van der Waals surface area contributed by atoms with E-state index in [9.17, 15) is 0 Å². The largest absolute Gasteiger partial charge is 0.378 e. The van der Waals surface area contributed by atoms with Gasteiger partial charge in [0.15, 0.2) is 10.8 Å². The quantitative estimate of drug-likeness (QED) is 0.597. The van der Waals surface area contributed by atoms with Crippen molar-refractivity contribution in [2.24, 2.45) is 0 Å². The topological polar surface area (TPSA) is 69.7 Å². The number of aromatic nitrogens is 5. The van der Waals surface area contributed by atoms with Crippen LogP contribution in [0.3, 0.4) is 0 Å². The summed E-state index contributed by atoms with van der Waals surface area (Å²) in [5.41, 5.74) is 4.64. The van der Waals surface area contributed by atoms with Crippen LogP contribution in [0.5, 0.6) is 0 Å². The Morgan fingerprint density at radius 1 is 1.27 bits per heavy atom. The first-order valence-corrected chi connectivity index (χ1v) is 10.8. The number of rotatable bonds is 6. The Hall–Kier alpha value is -2.16. The summed E-state index contributed by atoms with van der Waals surface area (Å²) in [5, 5.41) is 9.67. The second-order valence-corrected chi connectivity index (χ2v) is 9.08. The average Bonchev–Trinajstić information content (AvgIpc) is 3.38. The van der Waals surface area contributed by atoms with Crippen LogP contribution in [0, 0.1) is 0 Å². The highest BCUT2D eigenvalue weighted by Crippen LogP contribution is 2.45. The molecule has 5 rings (SSSR count). The molecule has 0 radical (unpaired) electrons. The molecule has 1 aliphatic carbocycles. The molecule has 9 heteroatoms. The van der Waals surface area contributed by atoms with E-state index in [-0.39, 0.29) is 5.60 Å². The van der Waals surface area contributed by atoms with E-state index in [1.54, 1.807) is 7.11 Å². The lowest BCUT2D eigenvalue weighted by Crippen LogP contribution is -2.36. The van der Waals surface area contributed by atoms with Gasteiger partial charge in [-0.25, -0.2) is 9.50 Å². The molecule has 0 amide bonds. The molecule has 30 heavy (non-hydrogen) atoms. The maximum atomic E-state index is 6.46. The predicted octanol–water partition coefficient (Wildman–Crippen LogP) is 3.39. The number of hydrogen-bond acceptors (Lipinski definition) is 6. The summed E-state index contributed by atoms with van der Waals surface area (Å²) in [7, 11) is 1.72. The Morgan fingerprint density at radius 2 is 2.03 bits per heavy atom. The van der Waals surface area contributed by atoms with E-state index in [1.807, 2.05) is 41.5 Å². The van der Waals surface area contributed by atoms with Gasteiger partial charge in [0.05, 0.1) is 48.6 Å². The van der Waals surface area contributed by atoms with Gasteiger partial charge in [-0.2, -0.15) is 10.2 Å². The van der Waals surface area contributed by atoms with Gasteiger partial charge >= 0.3 is 0 Å². The van der Waals surface area contributed by atoms with E-state index in [2.05, 4.69) is 15.1 Å². The third kappa shape index (κ3) is 3.68. The van der Waals surface area contributed by atoms with Gasteiger partial charge in [0, 0.05) is 43.9 Å². The minimum absolute atomic E-state index is 0.298. The van der Waals surface area contributed by atoms with E-state index in [0.717, 1.165) is 54.2 Å². The maximum Gasteiger partial charge on any atom is 0.178 e. The van der Waals surface area contributed by atoms with Crippen LogP contribution in [-0.4, -0.2) is 63.4 Å². The van der Waals surface area contributed by atoms with Crippen molar-refractivity contribution >= 4 is 22.9 Å². The molecule has 1 saturated heterocycles. The van der Waals surface area contributed by atoms with Gasteiger partial charge in [-0.1, -0.05) is 11.6 Å². The van der Waals surface area contributed by atoms with Crippen LogP contribution in [-0.2, 0) is 16.0 Å². The molecule has 0 spiro atoms. The Kier molecular flexibility index (Phi) is 4.95. The Bertz CT molecular complexity index is 1070. The summed E-state index contributed by atoms with van der Waals surface area (Å²) in [6.45, 7) is 7.81. The number of methoxy groups -OCH3 is 1. The lowest BCUT2D eigenvalue weighted by Gasteiger charge is -2.28. The molecular formula is C21H27ClN6O2. The van der Waals surface area contributed by atoms with Crippen LogP contribution in [0.4, 0.5) is 5.69 Å². The SMILES string of the molecule is COC(C)(C)Cn1cc(-c2c(C3CC3)nc3c(N4CCOCC4)cc(Cl)nn23)cn1. The Balaban J connectivity index is 1.62. The molecule has 0 atom stereocenters. The van der Waals surface area contributed by atoms with Crippen LogP contribution in [0.1, 0.15) is 38.3 Å². The Labute approximate surface area is 180 Å². The lowest BCUT2D eigenvalue weighted by molar-refractivity contribution is 0.00543. The molecule has 0 aromatic carbocycles. The van der Waals surface area contributed by atoms with Crippen molar-refractivity contribution in [1.82, 2.24) is 24.4 Å². The normalized spacial score (nSPS) is 17.8. The van der Waals surface area contributed by atoms with Crippen LogP contribution in [0.15, 0.2) is 18.5 Å². The minimum atomic E-state index is -0.298. The molecule has 3 aromatic rings. The van der Waals surface area contributed by atoms with Crippen molar-refractivity contribution in [3.8, 4) is 11.3 Å². The number of nitrogens with zero attached hydrogens (tertiary/aromatic N) is 6. The third-order valence-electron chi connectivity index (χ3n) is 5.88. The van der Waals surface area contributed by atoms with E-state index < -0.39 is 0 Å². The predicted molar refractivity (Wildman–Crippen MR) is 115 cm³/mol. The van der Waals surface area contributed by atoms with Crippen LogP contribution in [0.25, 0.3) is 16.9 Å². The number of halogens is 1. The van der Waals surface area contributed by atoms with Crippen LogP contribution < -0.4 is 4.90 Å². The summed E-state index contributed by atoms with van der Waals surface area (Å²) in [6, 6.07) is 1.92. The number of imidazole rings is 1. The molecule has 0 bridgehead atoms. The van der Waals surface area contributed by atoms with E-state index in [1.165, 1.54) is 0 Å². The zero-order valence-electron chi connectivity index (χ0n) is 17.6. The maximum absolute atomic E-state index is 6.46. The average molecular weight is 431 g/mol. The molecule has 1 saturated carbocycles. The second kappa shape index (κ2) is 7.51. The molecule has 0 N–H and O–H groups in total. The molecule has 1 aliphatic heterocycles. The van der Waals surface area contributed by atoms with Crippen molar-refractivity contribution in [2.75, 3.05) is 38.3 Å². The third-order valence-corrected chi connectivity index (χ3v) is 6.06. The molecule has 2 aliphatic rings. The van der Waals surface area contributed by atoms with Crippen molar-refractivity contribution in [3.05, 3.63) is 29.3 Å². The van der Waals surface area contributed by atoms with Gasteiger partial charge < -0.3 is 14.4 Å². The van der Waals surface area contributed by atoms with Crippen molar-refractivity contribution < 1.29 is 9.47 Å². The number of fused-ring (bicyclic) bond motifs is 1. The first kappa shape index (κ1) is 19.8. The molecule has 8 nitrogen and oxygen atoms in total. The van der Waals surface area contributed by atoms with Gasteiger partial charge in [-0.05, 0) is 26.7 Å². The van der Waals surface area contributed by atoms with Gasteiger partial charge in [0.1, 0.15) is 0 Å². The first-order chi connectivity index (χ1) is 14.4. The Morgan fingerprint density at radius 3 is 2.73 bits per heavy atom. The van der Waals surface area contributed by atoms with Crippen molar-refractivity contribution in [3.63, 3.8) is 0 Å². The summed E-state index contributed by atoms with van der Waals surface area (Å²) in [4.78, 5) is 7.35. The zero-order valence-corrected chi connectivity index (χ0v) is 18.4. The highest BCUT2D eigenvalue weighted by atomic mass is 35.5. The monoisotopic (exact) mass is 430 g/mol. The number of anilines is 1. The fraction of sp³-hybridized carbons (Fsp3) is 0.571. The lowest BCUT2D eigenvalue weighted by atomic mass is 10.1. The van der Waals surface area contributed by atoms with Crippen molar-refractivity contribution in [1.29, 1.82) is 0 Å². The standard InChI is InChI=1S/C21H27ClN6O2/c1-21(2,29-3)13-27-12-15(11-23-27)19-18(14-4-5-14)24-20-16(10-17(22)25-28(19)20)26-6-8-30-9-7-26/h10-12,14H,4-9,13H2,1-3H3. The van der Waals surface area contributed by atoms with E-state index in [0.29, 0.717) is 30.8 Å². The molecule has 0 unspecified atom stereocenters. The fourth-order valence-corrected chi connectivity index (χ4v) is 4.15. The summed E-state index contributed by atoms with van der Waals surface area (Å²) in [5.74, 6) is 0.469. The molecular weight excluding hydrogens is 404 g/mol. The van der Waals surface area contributed by atoms with Gasteiger partial charge in [-0.15, -0.1) is 0 Å². The highest BCUT2D eigenvalue weighted by molar-refractivity contribution is 6.29. The smallest absolute Gasteiger partial charge is 0.178 e. The first-order valence-electron chi connectivity index (χ1n) is 10.4. The number of ether oxygens (including phenoxy) is 2. The van der Waals surface area contributed by atoms with E-state index in [4.69, 9.17) is 26.1 Å². The molecule has 4 heterocycles. The summed E-state index contributed by atoms with van der Waals surface area (Å²) < 4.78 is 14.9. The van der Waals surface area contributed by atoms with Gasteiger partial charge in [-0.3, -0.25) is 4.68 Å². The molecule has 2 fully saturated rings. The van der Waals surface area contributed by atoms with Crippen LogP contribution in [0.2, 0.25) is 5.15 Å². The summed E-state index contributed by atoms with van der Waals surface area (Å²) >= 11 is 6.46. The molecule has 3 aromatic heterocycles. The van der Waals surface area contributed by atoms with Gasteiger partial charge in [0.2, 0.25) is 0 Å². The summed E-state index contributed by atoms with van der Waals surface area (Å²) in [6.07, 6.45) is 6.25. The zero-order chi connectivity index (χ0) is 20.9. The van der Waals surface area contributed by atoms with Gasteiger partial charge in [0.25, 0.3) is 0 Å².